The third kappa shape index (κ3) is 4.24. The molecule has 1 aromatic carbocycles. The predicted octanol–water partition coefficient (Wildman–Crippen LogP) is 2.33. The summed E-state index contributed by atoms with van der Waals surface area (Å²) in [5.74, 6) is -0.486. The van der Waals surface area contributed by atoms with Gasteiger partial charge in [0.05, 0.1) is 5.92 Å². The summed E-state index contributed by atoms with van der Waals surface area (Å²) in [6.45, 7) is 4.85. The molecule has 2 amide bonds. The van der Waals surface area contributed by atoms with Crippen LogP contribution in [-0.4, -0.2) is 30.4 Å². The van der Waals surface area contributed by atoms with Crippen molar-refractivity contribution in [1.29, 1.82) is 0 Å². The van der Waals surface area contributed by atoms with Crippen molar-refractivity contribution in [2.75, 3.05) is 18.0 Å². The molecule has 23 heavy (non-hydrogen) atoms. The van der Waals surface area contributed by atoms with Crippen LogP contribution < -0.4 is 16.0 Å². The number of carbonyl (C=O) groups excluding carboxylic acids is 2. The highest BCUT2D eigenvalue weighted by atomic mass is 35.5. The second-order valence-corrected chi connectivity index (χ2v) is 6.61. The van der Waals surface area contributed by atoms with Gasteiger partial charge in [-0.05, 0) is 37.1 Å². The van der Waals surface area contributed by atoms with Gasteiger partial charge >= 0.3 is 0 Å². The van der Waals surface area contributed by atoms with Crippen molar-refractivity contribution in [3.63, 3.8) is 0 Å². The van der Waals surface area contributed by atoms with Crippen LogP contribution in [0, 0.1) is 5.92 Å². The van der Waals surface area contributed by atoms with Crippen molar-refractivity contribution in [2.45, 2.75) is 38.6 Å². The molecule has 1 fully saturated rings. The number of amides is 2. The quantitative estimate of drug-likeness (QED) is 0.836. The van der Waals surface area contributed by atoms with Gasteiger partial charge in [-0.3, -0.25) is 9.59 Å². The molecule has 0 bridgehead atoms. The average Bonchev–Trinajstić information content (AvgIpc) is 2.95. The van der Waals surface area contributed by atoms with Crippen LogP contribution in [0.5, 0.6) is 0 Å². The number of anilines is 1. The Morgan fingerprint density at radius 1 is 1.35 bits per heavy atom. The van der Waals surface area contributed by atoms with Gasteiger partial charge in [0.25, 0.3) is 0 Å². The minimum Gasteiger partial charge on any atom is -0.354 e. The van der Waals surface area contributed by atoms with E-state index in [1.54, 1.807) is 29.2 Å². The zero-order chi connectivity index (χ0) is 17.0. The number of nitrogens with one attached hydrogen (secondary N) is 1. The SMILES string of the molecule is CCC(N)(CC)CNC(=O)C1CC(=O)N(c2ccc(Cl)cc2)C1. The maximum Gasteiger partial charge on any atom is 0.227 e. The van der Waals surface area contributed by atoms with E-state index in [2.05, 4.69) is 5.32 Å². The van der Waals surface area contributed by atoms with Gasteiger partial charge in [-0.25, -0.2) is 0 Å². The lowest BCUT2D eigenvalue weighted by atomic mass is 9.94. The van der Waals surface area contributed by atoms with E-state index >= 15 is 0 Å². The van der Waals surface area contributed by atoms with Crippen LogP contribution in [-0.2, 0) is 9.59 Å². The molecule has 6 heteroatoms. The molecule has 0 saturated carbocycles. The molecule has 3 N–H and O–H groups in total. The van der Waals surface area contributed by atoms with Gasteiger partial charge in [-0.1, -0.05) is 25.4 Å². The molecule has 1 aromatic rings. The van der Waals surface area contributed by atoms with Gasteiger partial charge < -0.3 is 16.0 Å². The molecule has 1 atom stereocenters. The van der Waals surface area contributed by atoms with Crippen LogP contribution in [0.1, 0.15) is 33.1 Å². The average molecular weight is 338 g/mol. The Bertz CT molecular complexity index is 570. The first kappa shape index (κ1) is 17.8. The fraction of sp³-hybridized carbons (Fsp3) is 0.529. The molecular formula is C17H24ClN3O2. The van der Waals surface area contributed by atoms with Crippen LogP contribution >= 0.6 is 11.6 Å². The Hall–Kier alpha value is -1.59. The normalized spacial score (nSPS) is 18.3. The number of hydrogen-bond donors (Lipinski definition) is 2. The van der Waals surface area contributed by atoms with Crippen LogP contribution in [0.4, 0.5) is 5.69 Å². The Morgan fingerprint density at radius 3 is 2.52 bits per heavy atom. The molecule has 0 radical (unpaired) electrons. The molecule has 1 unspecified atom stereocenters. The minimum absolute atomic E-state index is 0.0440. The van der Waals surface area contributed by atoms with Gasteiger partial charge in [-0.15, -0.1) is 0 Å². The van der Waals surface area contributed by atoms with E-state index < -0.39 is 0 Å². The topological polar surface area (TPSA) is 75.4 Å². The summed E-state index contributed by atoms with van der Waals surface area (Å²) in [5, 5.41) is 3.52. The number of hydrogen-bond acceptors (Lipinski definition) is 3. The molecule has 1 aliphatic heterocycles. The Labute approximate surface area is 142 Å². The lowest BCUT2D eigenvalue weighted by Crippen LogP contribution is -2.50. The number of rotatable bonds is 6. The molecule has 0 spiro atoms. The van der Waals surface area contributed by atoms with E-state index in [0.717, 1.165) is 18.5 Å². The number of nitrogens with two attached hydrogens (primary N) is 1. The molecule has 2 rings (SSSR count). The lowest BCUT2D eigenvalue weighted by Gasteiger charge is -2.27. The van der Waals surface area contributed by atoms with Gasteiger partial charge in [0, 0.05) is 35.8 Å². The molecule has 0 aliphatic carbocycles. The first-order valence-electron chi connectivity index (χ1n) is 8.01. The maximum atomic E-state index is 12.3. The van der Waals surface area contributed by atoms with E-state index in [1.165, 1.54) is 0 Å². The van der Waals surface area contributed by atoms with Crippen LogP contribution in [0.15, 0.2) is 24.3 Å². The smallest absolute Gasteiger partial charge is 0.227 e. The highest BCUT2D eigenvalue weighted by molar-refractivity contribution is 6.30. The zero-order valence-corrected chi connectivity index (χ0v) is 14.4. The van der Waals surface area contributed by atoms with Crippen molar-refractivity contribution in [3.8, 4) is 0 Å². The van der Waals surface area contributed by atoms with E-state index in [4.69, 9.17) is 17.3 Å². The van der Waals surface area contributed by atoms with Crippen LogP contribution in [0.2, 0.25) is 5.02 Å². The van der Waals surface area contributed by atoms with Crippen LogP contribution in [0.3, 0.4) is 0 Å². The summed E-state index contributed by atoms with van der Waals surface area (Å²) in [6, 6.07) is 7.06. The minimum atomic E-state index is -0.381. The molecule has 126 valence electrons. The summed E-state index contributed by atoms with van der Waals surface area (Å²) in [4.78, 5) is 26.1. The maximum absolute atomic E-state index is 12.3. The van der Waals surface area contributed by atoms with Crippen LogP contribution in [0.25, 0.3) is 0 Å². The highest BCUT2D eigenvalue weighted by Gasteiger charge is 2.35. The molecule has 1 heterocycles. The van der Waals surface area contributed by atoms with Crippen molar-refractivity contribution in [1.82, 2.24) is 5.32 Å². The van der Waals surface area contributed by atoms with E-state index in [1.807, 2.05) is 13.8 Å². The summed E-state index contributed by atoms with van der Waals surface area (Å²) in [7, 11) is 0. The molecule has 0 aromatic heterocycles. The van der Waals surface area contributed by atoms with Crippen molar-refractivity contribution in [3.05, 3.63) is 29.3 Å². The summed E-state index contributed by atoms with van der Waals surface area (Å²) in [5.41, 5.74) is 6.59. The first-order chi connectivity index (χ1) is 10.9. The zero-order valence-electron chi connectivity index (χ0n) is 13.6. The molecule has 1 saturated heterocycles. The first-order valence-corrected chi connectivity index (χ1v) is 8.39. The fourth-order valence-electron chi connectivity index (χ4n) is 2.66. The number of carbonyl (C=O) groups is 2. The van der Waals surface area contributed by atoms with Crippen molar-refractivity contribution >= 4 is 29.1 Å². The van der Waals surface area contributed by atoms with Gasteiger partial charge in [0.2, 0.25) is 11.8 Å². The van der Waals surface area contributed by atoms with E-state index in [-0.39, 0.29) is 29.7 Å². The van der Waals surface area contributed by atoms with E-state index in [0.29, 0.717) is 18.1 Å². The number of benzene rings is 1. The second kappa shape index (κ2) is 7.32. The number of nitrogens with zero attached hydrogens (tertiary/aromatic N) is 1. The van der Waals surface area contributed by atoms with Crippen molar-refractivity contribution in [2.24, 2.45) is 11.7 Å². The lowest BCUT2D eigenvalue weighted by molar-refractivity contribution is -0.126. The largest absolute Gasteiger partial charge is 0.354 e. The van der Waals surface area contributed by atoms with Gasteiger partial charge in [0.15, 0.2) is 0 Å². The van der Waals surface area contributed by atoms with Gasteiger partial charge in [-0.2, -0.15) is 0 Å². The third-order valence-electron chi connectivity index (χ3n) is 4.66. The Morgan fingerprint density at radius 2 is 1.96 bits per heavy atom. The summed E-state index contributed by atoms with van der Waals surface area (Å²) >= 11 is 5.87. The predicted molar refractivity (Wildman–Crippen MR) is 92.4 cm³/mol. The molecule has 5 nitrogen and oxygen atoms in total. The second-order valence-electron chi connectivity index (χ2n) is 6.17. The Kier molecular flexibility index (Phi) is 5.65. The molecule has 1 aliphatic rings. The van der Waals surface area contributed by atoms with E-state index in [9.17, 15) is 9.59 Å². The molecular weight excluding hydrogens is 314 g/mol. The fourth-order valence-corrected chi connectivity index (χ4v) is 2.79. The van der Waals surface area contributed by atoms with Gasteiger partial charge in [0.1, 0.15) is 0 Å². The van der Waals surface area contributed by atoms with Crippen molar-refractivity contribution < 1.29 is 9.59 Å². The monoisotopic (exact) mass is 337 g/mol. The number of halogens is 1. The standard InChI is InChI=1S/C17H24ClN3O2/c1-3-17(19,4-2)11-20-16(23)12-9-15(22)21(10-12)14-7-5-13(18)6-8-14/h5-8,12H,3-4,9-11,19H2,1-2H3,(H,20,23). The highest BCUT2D eigenvalue weighted by Crippen LogP contribution is 2.26. The Balaban J connectivity index is 1.96. The third-order valence-corrected chi connectivity index (χ3v) is 4.91. The summed E-state index contributed by atoms with van der Waals surface area (Å²) in [6.07, 6.45) is 1.82. The summed E-state index contributed by atoms with van der Waals surface area (Å²) < 4.78 is 0.